The fourth-order valence-electron chi connectivity index (χ4n) is 1.92. The Labute approximate surface area is 113 Å². The molecule has 0 N–H and O–H groups in total. The molecular formula is C13H17ClN4. The van der Waals surface area contributed by atoms with Crippen molar-refractivity contribution in [3.05, 3.63) is 16.5 Å². The van der Waals surface area contributed by atoms with E-state index >= 15 is 0 Å². The highest BCUT2D eigenvalue weighted by Gasteiger charge is 2.28. The van der Waals surface area contributed by atoms with Crippen molar-refractivity contribution in [3.63, 3.8) is 0 Å². The van der Waals surface area contributed by atoms with Crippen LogP contribution in [0.2, 0.25) is 5.15 Å². The lowest BCUT2D eigenvalue weighted by molar-refractivity contribution is 0.787. The Morgan fingerprint density at radius 1 is 1.44 bits per heavy atom. The molecule has 1 aliphatic carbocycles. The molecule has 1 fully saturated rings. The van der Waals surface area contributed by atoms with Crippen LogP contribution in [-0.2, 0) is 0 Å². The van der Waals surface area contributed by atoms with E-state index in [9.17, 15) is 0 Å². The van der Waals surface area contributed by atoms with Gasteiger partial charge in [-0.1, -0.05) is 11.6 Å². The Balaban J connectivity index is 2.31. The van der Waals surface area contributed by atoms with Crippen LogP contribution in [0.25, 0.3) is 0 Å². The summed E-state index contributed by atoms with van der Waals surface area (Å²) in [7, 11) is 0. The van der Waals surface area contributed by atoms with Gasteiger partial charge in [-0.15, -0.1) is 0 Å². The molecule has 0 saturated heterocycles. The first-order valence-electron chi connectivity index (χ1n) is 6.33. The monoisotopic (exact) mass is 264 g/mol. The van der Waals surface area contributed by atoms with Crippen molar-refractivity contribution in [3.8, 4) is 6.07 Å². The second-order valence-electron chi connectivity index (χ2n) is 4.58. The largest absolute Gasteiger partial charge is 0.355 e. The van der Waals surface area contributed by atoms with Crippen molar-refractivity contribution in [2.24, 2.45) is 0 Å². The SMILES string of the molecule is CCN(CCC#N)c1nc(C2CC2)nc(Cl)c1C. The van der Waals surface area contributed by atoms with Gasteiger partial charge in [0.1, 0.15) is 16.8 Å². The lowest BCUT2D eigenvalue weighted by Crippen LogP contribution is -2.26. The molecule has 2 rings (SSSR count). The summed E-state index contributed by atoms with van der Waals surface area (Å²) in [5.41, 5.74) is 0.904. The molecule has 18 heavy (non-hydrogen) atoms. The maximum absolute atomic E-state index is 8.70. The van der Waals surface area contributed by atoms with Crippen LogP contribution >= 0.6 is 11.6 Å². The average molecular weight is 265 g/mol. The summed E-state index contributed by atoms with van der Waals surface area (Å²) in [6.45, 7) is 5.50. The fourth-order valence-corrected chi connectivity index (χ4v) is 2.10. The van der Waals surface area contributed by atoms with Gasteiger partial charge < -0.3 is 4.90 Å². The number of anilines is 1. The van der Waals surface area contributed by atoms with Gasteiger partial charge in [0, 0.05) is 24.6 Å². The van der Waals surface area contributed by atoms with E-state index in [0.29, 0.717) is 24.0 Å². The van der Waals surface area contributed by atoms with Crippen molar-refractivity contribution in [1.82, 2.24) is 9.97 Å². The van der Waals surface area contributed by atoms with E-state index in [2.05, 4.69) is 27.9 Å². The average Bonchev–Trinajstić information content (AvgIpc) is 3.19. The zero-order valence-electron chi connectivity index (χ0n) is 10.8. The molecule has 0 atom stereocenters. The first-order valence-corrected chi connectivity index (χ1v) is 6.71. The molecule has 1 saturated carbocycles. The van der Waals surface area contributed by atoms with Gasteiger partial charge >= 0.3 is 0 Å². The first kappa shape index (κ1) is 13.1. The number of halogens is 1. The molecule has 0 aliphatic heterocycles. The van der Waals surface area contributed by atoms with E-state index < -0.39 is 0 Å². The van der Waals surface area contributed by atoms with Crippen LogP contribution in [0.1, 0.15) is 43.5 Å². The minimum Gasteiger partial charge on any atom is -0.355 e. The van der Waals surface area contributed by atoms with E-state index in [0.717, 1.165) is 36.6 Å². The third kappa shape index (κ3) is 2.73. The van der Waals surface area contributed by atoms with Crippen molar-refractivity contribution < 1.29 is 0 Å². The summed E-state index contributed by atoms with van der Waals surface area (Å²) in [5, 5.41) is 9.24. The maximum atomic E-state index is 8.70. The highest BCUT2D eigenvalue weighted by Crippen LogP contribution is 2.39. The Morgan fingerprint density at radius 2 is 2.17 bits per heavy atom. The lowest BCUT2D eigenvalue weighted by atomic mass is 10.2. The summed E-state index contributed by atoms with van der Waals surface area (Å²) in [6.07, 6.45) is 2.81. The third-order valence-corrected chi connectivity index (χ3v) is 3.56. The summed E-state index contributed by atoms with van der Waals surface area (Å²) < 4.78 is 0. The molecule has 1 aliphatic rings. The first-order chi connectivity index (χ1) is 8.67. The summed E-state index contributed by atoms with van der Waals surface area (Å²) >= 11 is 6.18. The van der Waals surface area contributed by atoms with Crippen LogP contribution < -0.4 is 4.90 Å². The summed E-state index contributed by atoms with van der Waals surface area (Å²) in [5.74, 6) is 2.22. The Kier molecular flexibility index (Phi) is 4.03. The van der Waals surface area contributed by atoms with E-state index in [-0.39, 0.29) is 0 Å². The molecule has 0 radical (unpaired) electrons. The molecule has 4 nitrogen and oxygen atoms in total. The van der Waals surface area contributed by atoms with Crippen LogP contribution in [0.4, 0.5) is 5.82 Å². The Bertz CT molecular complexity index is 477. The van der Waals surface area contributed by atoms with Gasteiger partial charge in [-0.25, -0.2) is 9.97 Å². The third-order valence-electron chi connectivity index (χ3n) is 3.20. The molecule has 0 unspecified atom stereocenters. The van der Waals surface area contributed by atoms with Crippen molar-refractivity contribution in [1.29, 1.82) is 5.26 Å². The number of aromatic nitrogens is 2. The zero-order chi connectivity index (χ0) is 13.1. The Hall–Kier alpha value is -1.34. The molecule has 1 aromatic heterocycles. The highest BCUT2D eigenvalue weighted by molar-refractivity contribution is 6.30. The van der Waals surface area contributed by atoms with Gasteiger partial charge in [0.2, 0.25) is 0 Å². The summed E-state index contributed by atoms with van der Waals surface area (Å²) in [4.78, 5) is 11.1. The van der Waals surface area contributed by atoms with Crippen molar-refractivity contribution in [2.45, 2.75) is 39.0 Å². The van der Waals surface area contributed by atoms with Crippen LogP contribution in [0.5, 0.6) is 0 Å². The van der Waals surface area contributed by atoms with E-state index in [1.807, 2.05) is 6.92 Å². The molecule has 0 bridgehead atoms. The fraction of sp³-hybridized carbons (Fsp3) is 0.615. The number of nitriles is 1. The number of hydrogen-bond donors (Lipinski definition) is 0. The van der Waals surface area contributed by atoms with Gasteiger partial charge in [-0.05, 0) is 26.7 Å². The number of rotatable bonds is 5. The molecule has 0 spiro atoms. The lowest BCUT2D eigenvalue weighted by Gasteiger charge is -2.23. The van der Waals surface area contributed by atoms with Gasteiger partial charge in [0.15, 0.2) is 0 Å². The maximum Gasteiger partial charge on any atom is 0.137 e. The molecule has 0 aromatic carbocycles. The van der Waals surface area contributed by atoms with Crippen LogP contribution in [0.3, 0.4) is 0 Å². The topological polar surface area (TPSA) is 52.8 Å². The molecule has 5 heteroatoms. The predicted molar refractivity (Wildman–Crippen MR) is 71.9 cm³/mol. The molecule has 1 aromatic rings. The highest BCUT2D eigenvalue weighted by atomic mass is 35.5. The quantitative estimate of drug-likeness (QED) is 0.767. The summed E-state index contributed by atoms with van der Waals surface area (Å²) in [6, 6.07) is 2.17. The molecule has 1 heterocycles. The zero-order valence-corrected chi connectivity index (χ0v) is 11.5. The van der Waals surface area contributed by atoms with Crippen LogP contribution in [0, 0.1) is 18.3 Å². The van der Waals surface area contributed by atoms with Gasteiger partial charge in [-0.2, -0.15) is 5.26 Å². The van der Waals surface area contributed by atoms with Gasteiger partial charge in [-0.3, -0.25) is 0 Å². The smallest absolute Gasteiger partial charge is 0.137 e. The van der Waals surface area contributed by atoms with Crippen LogP contribution in [-0.4, -0.2) is 23.1 Å². The number of nitrogens with zero attached hydrogens (tertiary/aromatic N) is 4. The molecule has 96 valence electrons. The van der Waals surface area contributed by atoms with Gasteiger partial charge in [0.05, 0.1) is 12.5 Å². The normalized spacial score (nSPS) is 14.3. The van der Waals surface area contributed by atoms with Crippen molar-refractivity contribution in [2.75, 3.05) is 18.0 Å². The Morgan fingerprint density at radius 3 is 2.72 bits per heavy atom. The predicted octanol–water partition coefficient (Wildman–Crippen LogP) is 3.06. The van der Waals surface area contributed by atoms with E-state index in [4.69, 9.17) is 16.9 Å². The second-order valence-corrected chi connectivity index (χ2v) is 4.94. The molecular weight excluding hydrogens is 248 g/mol. The standard InChI is InChI=1S/C13H17ClN4/c1-3-18(8-4-7-15)13-9(2)11(14)16-12(17-13)10-5-6-10/h10H,3-6,8H2,1-2H3. The van der Waals surface area contributed by atoms with Crippen LogP contribution in [0.15, 0.2) is 0 Å². The minimum absolute atomic E-state index is 0.483. The second kappa shape index (κ2) is 5.53. The number of hydrogen-bond acceptors (Lipinski definition) is 4. The minimum atomic E-state index is 0.483. The van der Waals surface area contributed by atoms with E-state index in [1.165, 1.54) is 0 Å². The van der Waals surface area contributed by atoms with Crippen molar-refractivity contribution >= 4 is 17.4 Å². The van der Waals surface area contributed by atoms with Gasteiger partial charge in [0.25, 0.3) is 0 Å². The van der Waals surface area contributed by atoms with E-state index in [1.54, 1.807) is 0 Å². The molecule has 0 amide bonds.